The molecular formula is C20H20BrN3O2S. The molecule has 0 atom stereocenters. The Bertz CT molecular complexity index is 1000. The Balaban J connectivity index is 1.47. The van der Waals surface area contributed by atoms with Crippen LogP contribution in [-0.4, -0.2) is 27.8 Å². The van der Waals surface area contributed by atoms with Crippen LogP contribution in [0.25, 0.3) is 10.9 Å². The van der Waals surface area contributed by atoms with Gasteiger partial charge >= 0.3 is 0 Å². The highest BCUT2D eigenvalue weighted by Gasteiger charge is 2.07. The average Bonchev–Trinajstić information content (AvgIpc) is 2.66. The number of aryl methyl sites for hydroxylation is 2. The van der Waals surface area contributed by atoms with Gasteiger partial charge in [-0.15, -0.1) is 11.8 Å². The van der Waals surface area contributed by atoms with E-state index in [-0.39, 0.29) is 17.9 Å². The summed E-state index contributed by atoms with van der Waals surface area (Å²) in [6.07, 6.45) is 1.75. The number of carbonyl (C=O) groups is 1. The molecule has 0 saturated carbocycles. The number of hydrogen-bond donors (Lipinski definition) is 1. The molecular weight excluding hydrogens is 426 g/mol. The number of aromatic nitrogens is 2. The molecule has 5 nitrogen and oxygen atoms in total. The SMILES string of the molecule is Cc1ccc(SCCNC(=O)CCn2cnc3ccc(Br)cc3c2=O)cc1. The Morgan fingerprint density at radius 3 is 2.78 bits per heavy atom. The van der Waals surface area contributed by atoms with Gasteiger partial charge in [-0.1, -0.05) is 33.6 Å². The highest BCUT2D eigenvalue weighted by atomic mass is 79.9. The van der Waals surface area contributed by atoms with E-state index in [4.69, 9.17) is 0 Å². The Labute approximate surface area is 170 Å². The van der Waals surface area contributed by atoms with Crippen molar-refractivity contribution in [3.05, 3.63) is 69.2 Å². The van der Waals surface area contributed by atoms with Gasteiger partial charge in [-0.25, -0.2) is 4.98 Å². The number of amides is 1. The van der Waals surface area contributed by atoms with E-state index < -0.39 is 0 Å². The van der Waals surface area contributed by atoms with Gasteiger partial charge in [0.1, 0.15) is 0 Å². The number of carbonyl (C=O) groups excluding carboxylic acids is 1. The average molecular weight is 446 g/mol. The summed E-state index contributed by atoms with van der Waals surface area (Å²) in [5.41, 5.74) is 1.75. The van der Waals surface area contributed by atoms with Crippen molar-refractivity contribution in [2.75, 3.05) is 12.3 Å². The van der Waals surface area contributed by atoms with Crippen LogP contribution in [0.15, 0.2) is 63.0 Å². The van der Waals surface area contributed by atoms with E-state index in [1.807, 2.05) is 6.07 Å². The van der Waals surface area contributed by atoms with Crippen LogP contribution < -0.4 is 10.9 Å². The van der Waals surface area contributed by atoms with E-state index in [2.05, 4.69) is 57.4 Å². The molecule has 0 aliphatic carbocycles. The van der Waals surface area contributed by atoms with Crippen LogP contribution in [0.4, 0.5) is 0 Å². The Kier molecular flexibility index (Phi) is 6.68. The number of thioether (sulfide) groups is 1. The van der Waals surface area contributed by atoms with Gasteiger partial charge in [0, 0.05) is 34.6 Å². The van der Waals surface area contributed by atoms with Crippen molar-refractivity contribution in [3.63, 3.8) is 0 Å². The third-order valence-corrected chi connectivity index (χ3v) is 5.59. The third-order valence-electron chi connectivity index (χ3n) is 4.08. The number of fused-ring (bicyclic) bond motifs is 1. The zero-order valence-corrected chi connectivity index (χ0v) is 17.3. The van der Waals surface area contributed by atoms with Crippen LogP contribution in [-0.2, 0) is 11.3 Å². The quantitative estimate of drug-likeness (QED) is 0.444. The summed E-state index contributed by atoms with van der Waals surface area (Å²) in [5.74, 6) is 0.737. The van der Waals surface area contributed by atoms with E-state index in [1.165, 1.54) is 21.4 Å². The molecule has 0 aliphatic rings. The van der Waals surface area contributed by atoms with Crippen molar-refractivity contribution in [1.29, 1.82) is 0 Å². The van der Waals surface area contributed by atoms with Crippen molar-refractivity contribution < 1.29 is 4.79 Å². The molecule has 3 rings (SSSR count). The lowest BCUT2D eigenvalue weighted by atomic mass is 10.2. The summed E-state index contributed by atoms with van der Waals surface area (Å²) in [4.78, 5) is 30.0. The second-order valence-electron chi connectivity index (χ2n) is 6.17. The first kappa shape index (κ1) is 19.6. The molecule has 1 amide bonds. The van der Waals surface area contributed by atoms with Crippen LogP contribution in [0.5, 0.6) is 0 Å². The fraction of sp³-hybridized carbons (Fsp3) is 0.250. The van der Waals surface area contributed by atoms with Gasteiger partial charge in [0.25, 0.3) is 5.56 Å². The minimum absolute atomic E-state index is 0.0688. The van der Waals surface area contributed by atoms with Crippen molar-refractivity contribution in [1.82, 2.24) is 14.9 Å². The number of nitrogens with one attached hydrogen (secondary N) is 1. The smallest absolute Gasteiger partial charge is 0.261 e. The van der Waals surface area contributed by atoms with Gasteiger partial charge in [0.2, 0.25) is 5.91 Å². The molecule has 0 saturated heterocycles. The largest absolute Gasteiger partial charge is 0.355 e. The predicted molar refractivity (Wildman–Crippen MR) is 113 cm³/mol. The molecule has 3 aromatic rings. The standard InChI is InChI=1S/C20H20BrN3O2S/c1-14-2-5-16(6-3-14)27-11-9-22-19(25)8-10-24-13-23-18-7-4-15(21)12-17(18)20(24)26/h2-7,12-13H,8-11H2,1H3,(H,22,25). The zero-order valence-electron chi connectivity index (χ0n) is 14.9. The topological polar surface area (TPSA) is 64.0 Å². The van der Waals surface area contributed by atoms with Crippen molar-refractivity contribution in [3.8, 4) is 0 Å². The lowest BCUT2D eigenvalue weighted by Crippen LogP contribution is -2.29. The lowest BCUT2D eigenvalue weighted by Gasteiger charge is -2.08. The van der Waals surface area contributed by atoms with Crippen molar-refractivity contribution in [2.24, 2.45) is 0 Å². The number of rotatable bonds is 7. The molecule has 0 fully saturated rings. The minimum Gasteiger partial charge on any atom is -0.355 e. The van der Waals surface area contributed by atoms with Gasteiger partial charge in [-0.3, -0.25) is 14.2 Å². The van der Waals surface area contributed by atoms with E-state index in [0.717, 1.165) is 10.2 Å². The zero-order chi connectivity index (χ0) is 19.2. The summed E-state index contributed by atoms with van der Waals surface area (Å²) < 4.78 is 2.31. The summed E-state index contributed by atoms with van der Waals surface area (Å²) >= 11 is 5.07. The second-order valence-corrected chi connectivity index (χ2v) is 8.25. The van der Waals surface area contributed by atoms with E-state index >= 15 is 0 Å². The maximum absolute atomic E-state index is 12.5. The van der Waals surface area contributed by atoms with E-state index in [1.54, 1.807) is 23.9 Å². The van der Waals surface area contributed by atoms with Crippen LogP contribution in [0, 0.1) is 6.92 Å². The van der Waals surface area contributed by atoms with E-state index in [0.29, 0.717) is 24.0 Å². The summed E-state index contributed by atoms with van der Waals surface area (Å²) in [6, 6.07) is 13.7. The molecule has 1 N–H and O–H groups in total. The van der Waals surface area contributed by atoms with Crippen LogP contribution >= 0.6 is 27.7 Å². The monoisotopic (exact) mass is 445 g/mol. The van der Waals surface area contributed by atoms with Gasteiger partial charge in [-0.2, -0.15) is 0 Å². The molecule has 1 aromatic heterocycles. The molecule has 2 aromatic carbocycles. The highest BCUT2D eigenvalue weighted by molar-refractivity contribution is 9.10. The number of nitrogens with zero attached hydrogens (tertiary/aromatic N) is 2. The Morgan fingerprint density at radius 2 is 2.00 bits per heavy atom. The van der Waals surface area contributed by atoms with Crippen LogP contribution in [0.1, 0.15) is 12.0 Å². The summed E-state index contributed by atoms with van der Waals surface area (Å²) in [5, 5.41) is 3.44. The number of benzene rings is 2. The van der Waals surface area contributed by atoms with Gasteiger partial charge < -0.3 is 5.32 Å². The van der Waals surface area contributed by atoms with Crippen molar-refractivity contribution >= 4 is 44.5 Å². The fourth-order valence-corrected chi connectivity index (χ4v) is 3.72. The summed E-state index contributed by atoms with van der Waals surface area (Å²) in [7, 11) is 0. The van der Waals surface area contributed by atoms with Gasteiger partial charge in [-0.05, 0) is 37.3 Å². The van der Waals surface area contributed by atoms with Gasteiger partial charge in [0.15, 0.2) is 0 Å². The molecule has 0 aliphatic heterocycles. The normalized spacial score (nSPS) is 10.9. The van der Waals surface area contributed by atoms with Gasteiger partial charge in [0.05, 0.1) is 17.2 Å². The summed E-state index contributed by atoms with van der Waals surface area (Å²) in [6.45, 7) is 2.96. The molecule has 27 heavy (non-hydrogen) atoms. The molecule has 7 heteroatoms. The van der Waals surface area contributed by atoms with Crippen molar-refractivity contribution in [2.45, 2.75) is 24.8 Å². The molecule has 0 radical (unpaired) electrons. The predicted octanol–water partition coefficient (Wildman–Crippen LogP) is 3.77. The lowest BCUT2D eigenvalue weighted by molar-refractivity contribution is -0.121. The second kappa shape index (κ2) is 9.19. The third kappa shape index (κ3) is 5.43. The maximum Gasteiger partial charge on any atom is 0.261 e. The molecule has 140 valence electrons. The number of hydrogen-bond acceptors (Lipinski definition) is 4. The molecule has 1 heterocycles. The fourth-order valence-electron chi connectivity index (χ4n) is 2.59. The van der Waals surface area contributed by atoms with E-state index in [9.17, 15) is 9.59 Å². The minimum atomic E-state index is -0.135. The van der Waals surface area contributed by atoms with Crippen LogP contribution in [0.2, 0.25) is 0 Å². The Morgan fingerprint density at radius 1 is 1.22 bits per heavy atom. The first-order chi connectivity index (χ1) is 13.0. The first-order valence-electron chi connectivity index (χ1n) is 8.64. The molecule has 0 bridgehead atoms. The number of halogens is 1. The first-order valence-corrected chi connectivity index (χ1v) is 10.4. The molecule has 0 unspecified atom stereocenters. The van der Waals surface area contributed by atoms with Crippen LogP contribution in [0.3, 0.4) is 0 Å². The molecule has 0 spiro atoms. The maximum atomic E-state index is 12.5. The Hall–Kier alpha value is -2.12. The highest BCUT2D eigenvalue weighted by Crippen LogP contribution is 2.17.